The number of nitrogens with zero attached hydrogens (tertiary/aromatic N) is 1. The van der Waals surface area contributed by atoms with Crippen LogP contribution in [0.5, 0.6) is 17.2 Å². The molecule has 0 radical (unpaired) electrons. The number of ketones is 1. The van der Waals surface area contributed by atoms with E-state index < -0.39 is 35.8 Å². The lowest BCUT2D eigenvalue weighted by molar-refractivity contribution is -0.158. The standard InChI is InChI=1S/C25H30ClNO7/c1-14(2)23(34-19-9-7-8-18(26)13-19)16(4)32-25(30)15(3)12-20(29)22-24(33-17(5)28)21(31-6)10-11-27-22/h7-11,13-16,23H,12H2,1-6H3/t15-,16+,23+/m1/s1. The molecular formula is C25H30ClNO7. The van der Waals surface area contributed by atoms with Crippen LogP contribution >= 0.6 is 11.6 Å². The number of pyridine rings is 1. The zero-order chi connectivity index (χ0) is 25.4. The molecular weight excluding hydrogens is 462 g/mol. The molecule has 9 heteroatoms. The van der Waals surface area contributed by atoms with Gasteiger partial charge in [0.05, 0.1) is 13.0 Å². The van der Waals surface area contributed by atoms with Crippen molar-refractivity contribution in [2.45, 2.75) is 53.2 Å². The van der Waals surface area contributed by atoms with E-state index >= 15 is 0 Å². The number of halogens is 1. The second kappa shape index (κ2) is 12.4. The minimum Gasteiger partial charge on any atom is -0.493 e. The lowest BCUT2D eigenvalue weighted by Crippen LogP contribution is -2.38. The fraction of sp³-hybridized carbons (Fsp3) is 0.440. The van der Waals surface area contributed by atoms with Gasteiger partial charge in [0.1, 0.15) is 18.0 Å². The Labute approximate surface area is 204 Å². The molecule has 1 aromatic heterocycles. The number of hydrogen-bond acceptors (Lipinski definition) is 8. The Morgan fingerprint density at radius 2 is 1.79 bits per heavy atom. The van der Waals surface area contributed by atoms with Gasteiger partial charge in [-0.2, -0.15) is 0 Å². The average molecular weight is 492 g/mol. The molecule has 0 saturated carbocycles. The van der Waals surface area contributed by atoms with Crippen molar-refractivity contribution in [3.63, 3.8) is 0 Å². The Balaban J connectivity index is 2.09. The number of benzene rings is 1. The minimum absolute atomic E-state index is 0.0333. The van der Waals surface area contributed by atoms with Crippen LogP contribution in [0.3, 0.4) is 0 Å². The Bertz CT molecular complexity index is 1020. The van der Waals surface area contributed by atoms with Gasteiger partial charge in [0.15, 0.2) is 17.2 Å². The number of ether oxygens (including phenoxy) is 4. The first kappa shape index (κ1) is 27.1. The van der Waals surface area contributed by atoms with Gasteiger partial charge in [0.25, 0.3) is 0 Å². The number of carbonyl (C=O) groups excluding carboxylic acids is 3. The molecule has 0 aliphatic heterocycles. The predicted octanol–water partition coefficient (Wildman–Crippen LogP) is 4.91. The highest BCUT2D eigenvalue weighted by Gasteiger charge is 2.30. The smallest absolute Gasteiger partial charge is 0.309 e. The van der Waals surface area contributed by atoms with Crippen LogP contribution in [0.2, 0.25) is 5.02 Å². The zero-order valence-electron chi connectivity index (χ0n) is 20.2. The maximum atomic E-state index is 12.9. The van der Waals surface area contributed by atoms with Gasteiger partial charge < -0.3 is 18.9 Å². The Morgan fingerprint density at radius 1 is 1.09 bits per heavy atom. The van der Waals surface area contributed by atoms with E-state index in [-0.39, 0.29) is 29.5 Å². The van der Waals surface area contributed by atoms with Crippen LogP contribution in [-0.2, 0) is 14.3 Å². The van der Waals surface area contributed by atoms with Crippen molar-refractivity contribution < 1.29 is 33.3 Å². The predicted molar refractivity (Wildman–Crippen MR) is 126 cm³/mol. The van der Waals surface area contributed by atoms with Crippen LogP contribution in [0.15, 0.2) is 36.5 Å². The van der Waals surface area contributed by atoms with Gasteiger partial charge in [-0.25, -0.2) is 4.98 Å². The van der Waals surface area contributed by atoms with E-state index in [1.165, 1.54) is 26.3 Å². The summed E-state index contributed by atoms with van der Waals surface area (Å²) in [6, 6.07) is 8.45. The molecule has 0 fully saturated rings. The van der Waals surface area contributed by atoms with E-state index in [2.05, 4.69) is 4.98 Å². The number of carbonyl (C=O) groups is 3. The molecule has 3 atom stereocenters. The summed E-state index contributed by atoms with van der Waals surface area (Å²) in [6.07, 6.45) is 0.156. The molecule has 0 bridgehead atoms. The maximum Gasteiger partial charge on any atom is 0.309 e. The molecule has 8 nitrogen and oxygen atoms in total. The van der Waals surface area contributed by atoms with Crippen LogP contribution < -0.4 is 14.2 Å². The molecule has 0 aliphatic carbocycles. The molecule has 0 N–H and O–H groups in total. The van der Waals surface area contributed by atoms with Crippen molar-refractivity contribution in [2.24, 2.45) is 11.8 Å². The van der Waals surface area contributed by atoms with E-state index in [1.807, 2.05) is 13.8 Å². The quantitative estimate of drug-likeness (QED) is 0.322. The van der Waals surface area contributed by atoms with Crippen molar-refractivity contribution >= 4 is 29.3 Å². The van der Waals surface area contributed by atoms with Gasteiger partial charge >= 0.3 is 11.9 Å². The summed E-state index contributed by atoms with van der Waals surface area (Å²) in [6.45, 7) is 8.44. The fourth-order valence-electron chi connectivity index (χ4n) is 3.33. The third-order valence-corrected chi connectivity index (χ3v) is 5.22. The number of rotatable bonds is 11. The highest BCUT2D eigenvalue weighted by Crippen LogP contribution is 2.31. The summed E-state index contributed by atoms with van der Waals surface area (Å²) in [4.78, 5) is 41.1. The van der Waals surface area contributed by atoms with Crippen molar-refractivity contribution in [3.05, 3.63) is 47.2 Å². The molecule has 2 rings (SSSR count). The topological polar surface area (TPSA) is 101 Å². The molecule has 0 spiro atoms. The van der Waals surface area contributed by atoms with E-state index in [0.717, 1.165) is 0 Å². The van der Waals surface area contributed by atoms with Crippen LogP contribution in [-0.4, -0.2) is 42.0 Å². The first-order valence-electron chi connectivity index (χ1n) is 10.9. The number of methoxy groups -OCH3 is 1. The van der Waals surface area contributed by atoms with Gasteiger partial charge in [-0.3, -0.25) is 14.4 Å². The summed E-state index contributed by atoms with van der Waals surface area (Å²) < 4.78 is 22.0. The van der Waals surface area contributed by atoms with Crippen molar-refractivity contribution in [1.29, 1.82) is 0 Å². The fourth-order valence-corrected chi connectivity index (χ4v) is 3.51. The second-order valence-electron chi connectivity index (χ2n) is 8.24. The summed E-state index contributed by atoms with van der Waals surface area (Å²) in [5.74, 6) is -1.72. The molecule has 34 heavy (non-hydrogen) atoms. The lowest BCUT2D eigenvalue weighted by atomic mass is 10.0. The second-order valence-corrected chi connectivity index (χ2v) is 8.68. The molecule has 0 amide bonds. The van der Waals surface area contributed by atoms with Gasteiger partial charge in [-0.1, -0.05) is 38.4 Å². The lowest BCUT2D eigenvalue weighted by Gasteiger charge is -2.29. The Morgan fingerprint density at radius 3 is 2.38 bits per heavy atom. The molecule has 2 aromatic rings. The molecule has 184 valence electrons. The molecule has 0 saturated heterocycles. The van der Waals surface area contributed by atoms with Crippen LogP contribution in [0.25, 0.3) is 0 Å². The summed E-state index contributed by atoms with van der Waals surface area (Å²) >= 11 is 6.03. The summed E-state index contributed by atoms with van der Waals surface area (Å²) in [5, 5.41) is 0.538. The number of Topliss-reactive ketones (excluding diaryl/α,β-unsaturated/α-hetero) is 1. The Kier molecular flexibility index (Phi) is 9.86. The number of hydrogen-bond donors (Lipinski definition) is 0. The third-order valence-electron chi connectivity index (χ3n) is 4.98. The molecule has 1 aromatic carbocycles. The summed E-state index contributed by atoms with van der Waals surface area (Å²) in [7, 11) is 1.38. The first-order valence-corrected chi connectivity index (χ1v) is 11.3. The van der Waals surface area contributed by atoms with Gasteiger partial charge in [0, 0.05) is 30.6 Å². The number of esters is 2. The van der Waals surface area contributed by atoms with E-state index in [9.17, 15) is 14.4 Å². The van der Waals surface area contributed by atoms with Crippen molar-refractivity contribution in [1.82, 2.24) is 4.98 Å². The molecule has 0 aliphatic rings. The summed E-state index contributed by atoms with van der Waals surface area (Å²) in [5.41, 5.74) is -0.0911. The van der Waals surface area contributed by atoms with Gasteiger partial charge in [0.2, 0.25) is 5.75 Å². The largest absolute Gasteiger partial charge is 0.493 e. The molecule has 0 unspecified atom stereocenters. The van der Waals surface area contributed by atoms with Crippen LogP contribution in [0.1, 0.15) is 51.5 Å². The van der Waals surface area contributed by atoms with Crippen molar-refractivity contribution in [2.75, 3.05) is 7.11 Å². The zero-order valence-corrected chi connectivity index (χ0v) is 20.9. The highest BCUT2D eigenvalue weighted by atomic mass is 35.5. The number of aromatic nitrogens is 1. The van der Waals surface area contributed by atoms with E-state index in [1.54, 1.807) is 38.1 Å². The highest BCUT2D eigenvalue weighted by molar-refractivity contribution is 6.30. The normalized spacial score (nSPS) is 13.5. The maximum absolute atomic E-state index is 12.9. The minimum atomic E-state index is -0.771. The monoisotopic (exact) mass is 491 g/mol. The SMILES string of the molecule is COc1ccnc(C(=O)C[C@@H](C)C(=O)O[C@@H](C)[C@@H](Oc2cccc(Cl)c2)C(C)C)c1OC(C)=O. The third kappa shape index (κ3) is 7.45. The first-order chi connectivity index (χ1) is 16.0. The Hall–Kier alpha value is -3.13. The van der Waals surface area contributed by atoms with Gasteiger partial charge in [-0.05, 0) is 31.0 Å². The average Bonchev–Trinajstić information content (AvgIpc) is 2.76. The molecule has 1 heterocycles. The van der Waals surface area contributed by atoms with E-state index in [0.29, 0.717) is 10.8 Å². The van der Waals surface area contributed by atoms with Gasteiger partial charge in [-0.15, -0.1) is 0 Å². The van der Waals surface area contributed by atoms with Crippen LogP contribution in [0, 0.1) is 11.8 Å². The van der Waals surface area contributed by atoms with Crippen LogP contribution in [0.4, 0.5) is 0 Å². The van der Waals surface area contributed by atoms with Crippen molar-refractivity contribution in [3.8, 4) is 17.2 Å². The van der Waals surface area contributed by atoms with E-state index in [4.69, 9.17) is 30.5 Å².